The Kier molecular flexibility index (Phi) is 4.24. The number of carbonyl (C=O) groups is 1. The van der Waals surface area contributed by atoms with Gasteiger partial charge in [0.15, 0.2) is 0 Å². The standard InChI is InChI=1S/C24H23N3O/c28-24(19-7-9-20(10-8-19)26-13-3-4-14-26)27-15-11-18(12-16-27)22-17-25-23-6-2-1-5-21(22)23/h1-10,13-14,17-18,25H,11-12,15-16H2. The van der Waals surface area contributed by atoms with Crippen molar-refractivity contribution in [3.8, 4) is 5.69 Å². The van der Waals surface area contributed by atoms with E-state index in [0.717, 1.165) is 37.2 Å². The molecule has 2 aromatic carbocycles. The van der Waals surface area contributed by atoms with Gasteiger partial charge in [0.1, 0.15) is 0 Å². The van der Waals surface area contributed by atoms with Gasteiger partial charge in [-0.05, 0) is 66.8 Å². The van der Waals surface area contributed by atoms with Crippen LogP contribution in [0, 0.1) is 0 Å². The Labute approximate surface area is 164 Å². The molecule has 4 heteroatoms. The minimum Gasteiger partial charge on any atom is -0.361 e. The molecular formula is C24H23N3O. The van der Waals surface area contributed by atoms with E-state index in [2.05, 4.69) is 35.4 Å². The monoisotopic (exact) mass is 369 g/mol. The number of benzene rings is 2. The summed E-state index contributed by atoms with van der Waals surface area (Å²) in [4.78, 5) is 18.3. The van der Waals surface area contributed by atoms with Crippen LogP contribution in [0.4, 0.5) is 0 Å². The summed E-state index contributed by atoms with van der Waals surface area (Å²) in [5, 5.41) is 1.31. The lowest BCUT2D eigenvalue weighted by Crippen LogP contribution is -2.37. The van der Waals surface area contributed by atoms with Crippen molar-refractivity contribution in [1.29, 1.82) is 0 Å². The molecule has 0 saturated carbocycles. The lowest BCUT2D eigenvalue weighted by atomic mass is 9.89. The third kappa shape index (κ3) is 3.01. The van der Waals surface area contributed by atoms with E-state index >= 15 is 0 Å². The van der Waals surface area contributed by atoms with Crippen molar-refractivity contribution >= 4 is 16.8 Å². The normalized spacial score (nSPS) is 15.2. The SMILES string of the molecule is O=C(c1ccc(-n2cccc2)cc1)N1CCC(c2c[nH]c3ccccc23)CC1. The third-order valence-electron chi connectivity index (χ3n) is 5.86. The van der Waals surface area contributed by atoms with E-state index in [1.807, 2.05) is 58.3 Å². The predicted octanol–water partition coefficient (Wildman–Crippen LogP) is 4.98. The van der Waals surface area contributed by atoms with Gasteiger partial charge >= 0.3 is 0 Å². The zero-order valence-electron chi connectivity index (χ0n) is 15.7. The Hall–Kier alpha value is -3.27. The van der Waals surface area contributed by atoms with Gasteiger partial charge in [0.05, 0.1) is 0 Å². The first-order chi connectivity index (χ1) is 13.8. The molecule has 140 valence electrons. The Morgan fingerprint density at radius 3 is 2.36 bits per heavy atom. The van der Waals surface area contributed by atoms with Crippen LogP contribution in [0.25, 0.3) is 16.6 Å². The van der Waals surface area contributed by atoms with Gasteiger partial charge in [-0.15, -0.1) is 0 Å². The molecule has 0 aliphatic carbocycles. The summed E-state index contributed by atoms with van der Waals surface area (Å²) >= 11 is 0. The van der Waals surface area contributed by atoms with Crippen LogP contribution in [0.1, 0.15) is 34.7 Å². The number of H-pyrrole nitrogens is 1. The molecule has 0 atom stereocenters. The molecule has 1 saturated heterocycles. The molecule has 1 aliphatic rings. The van der Waals surface area contributed by atoms with E-state index in [1.165, 1.54) is 16.5 Å². The zero-order valence-corrected chi connectivity index (χ0v) is 15.7. The highest BCUT2D eigenvalue weighted by Gasteiger charge is 2.26. The smallest absolute Gasteiger partial charge is 0.253 e. The first-order valence-corrected chi connectivity index (χ1v) is 9.88. The Bertz CT molecular complexity index is 1080. The van der Waals surface area contributed by atoms with Crippen molar-refractivity contribution in [2.45, 2.75) is 18.8 Å². The molecule has 0 bridgehead atoms. The van der Waals surface area contributed by atoms with Gasteiger partial charge in [0, 0.05) is 53.8 Å². The van der Waals surface area contributed by atoms with Crippen LogP contribution < -0.4 is 0 Å². The van der Waals surface area contributed by atoms with Gasteiger partial charge in [-0.1, -0.05) is 18.2 Å². The number of likely N-dealkylation sites (tertiary alicyclic amines) is 1. The topological polar surface area (TPSA) is 41.0 Å². The van der Waals surface area contributed by atoms with E-state index in [9.17, 15) is 4.79 Å². The number of piperidine rings is 1. The average molecular weight is 369 g/mol. The number of fused-ring (bicyclic) bond motifs is 1. The van der Waals surface area contributed by atoms with Gasteiger partial charge in [0.2, 0.25) is 0 Å². The van der Waals surface area contributed by atoms with Crippen molar-refractivity contribution in [3.63, 3.8) is 0 Å². The van der Waals surface area contributed by atoms with Gasteiger partial charge < -0.3 is 14.5 Å². The summed E-state index contributed by atoms with van der Waals surface area (Å²) in [6.45, 7) is 1.62. The maximum atomic E-state index is 12.9. The number of amides is 1. The van der Waals surface area contributed by atoms with Crippen molar-refractivity contribution < 1.29 is 4.79 Å². The van der Waals surface area contributed by atoms with E-state index in [-0.39, 0.29) is 5.91 Å². The van der Waals surface area contributed by atoms with Crippen LogP contribution in [-0.2, 0) is 0 Å². The van der Waals surface area contributed by atoms with Crippen LogP contribution in [0.2, 0.25) is 0 Å². The molecule has 5 rings (SSSR count). The molecule has 1 amide bonds. The molecule has 0 unspecified atom stereocenters. The number of hydrogen-bond acceptors (Lipinski definition) is 1. The quantitative estimate of drug-likeness (QED) is 0.544. The van der Waals surface area contributed by atoms with Crippen molar-refractivity contribution in [2.75, 3.05) is 13.1 Å². The first kappa shape index (κ1) is 16.9. The summed E-state index contributed by atoms with van der Waals surface area (Å²) < 4.78 is 2.04. The first-order valence-electron chi connectivity index (χ1n) is 9.88. The average Bonchev–Trinajstić information content (AvgIpc) is 3.44. The minimum atomic E-state index is 0.136. The molecule has 2 aromatic heterocycles. The number of hydrogen-bond donors (Lipinski definition) is 1. The maximum absolute atomic E-state index is 12.9. The van der Waals surface area contributed by atoms with Gasteiger partial charge in [-0.3, -0.25) is 4.79 Å². The van der Waals surface area contributed by atoms with Gasteiger partial charge in [-0.25, -0.2) is 0 Å². The largest absolute Gasteiger partial charge is 0.361 e. The van der Waals surface area contributed by atoms with E-state index in [1.54, 1.807) is 0 Å². The molecule has 1 aliphatic heterocycles. The fraction of sp³-hybridized carbons (Fsp3) is 0.208. The summed E-state index contributed by atoms with van der Waals surface area (Å²) in [5.41, 5.74) is 4.42. The fourth-order valence-electron chi connectivity index (χ4n) is 4.29. The Balaban J connectivity index is 1.27. The number of carbonyl (C=O) groups excluding carboxylic acids is 1. The number of aromatic nitrogens is 2. The van der Waals surface area contributed by atoms with Gasteiger partial charge in [-0.2, -0.15) is 0 Å². The zero-order chi connectivity index (χ0) is 18.9. The molecule has 0 radical (unpaired) electrons. The Morgan fingerprint density at radius 1 is 0.893 bits per heavy atom. The summed E-state index contributed by atoms with van der Waals surface area (Å²) in [6, 6.07) is 20.3. The summed E-state index contributed by atoms with van der Waals surface area (Å²) in [6.07, 6.45) is 8.18. The second-order valence-corrected chi connectivity index (χ2v) is 7.49. The van der Waals surface area contributed by atoms with Crippen LogP contribution in [0.15, 0.2) is 79.3 Å². The molecule has 0 spiro atoms. The number of nitrogens with zero attached hydrogens (tertiary/aromatic N) is 2. The van der Waals surface area contributed by atoms with Crippen molar-refractivity contribution in [2.24, 2.45) is 0 Å². The molecular weight excluding hydrogens is 346 g/mol. The second kappa shape index (κ2) is 7.04. The van der Waals surface area contributed by atoms with Gasteiger partial charge in [0.25, 0.3) is 5.91 Å². The highest BCUT2D eigenvalue weighted by molar-refractivity contribution is 5.94. The minimum absolute atomic E-state index is 0.136. The molecule has 4 aromatic rings. The highest BCUT2D eigenvalue weighted by Crippen LogP contribution is 2.33. The second-order valence-electron chi connectivity index (χ2n) is 7.49. The number of aromatic amines is 1. The third-order valence-corrected chi connectivity index (χ3v) is 5.86. The van der Waals surface area contributed by atoms with Crippen molar-refractivity contribution in [1.82, 2.24) is 14.5 Å². The number of para-hydroxylation sites is 1. The summed E-state index contributed by atoms with van der Waals surface area (Å²) in [5.74, 6) is 0.646. The van der Waals surface area contributed by atoms with Crippen LogP contribution >= 0.6 is 0 Å². The van der Waals surface area contributed by atoms with Crippen LogP contribution in [-0.4, -0.2) is 33.4 Å². The molecule has 1 N–H and O–H groups in total. The van der Waals surface area contributed by atoms with E-state index < -0.39 is 0 Å². The van der Waals surface area contributed by atoms with Crippen molar-refractivity contribution in [3.05, 3.63) is 90.4 Å². The number of nitrogens with one attached hydrogen (secondary N) is 1. The van der Waals surface area contributed by atoms with E-state index in [4.69, 9.17) is 0 Å². The van der Waals surface area contributed by atoms with Crippen LogP contribution in [0.5, 0.6) is 0 Å². The lowest BCUT2D eigenvalue weighted by Gasteiger charge is -2.32. The number of rotatable bonds is 3. The Morgan fingerprint density at radius 2 is 1.61 bits per heavy atom. The highest BCUT2D eigenvalue weighted by atomic mass is 16.2. The molecule has 28 heavy (non-hydrogen) atoms. The fourth-order valence-corrected chi connectivity index (χ4v) is 4.29. The molecule has 1 fully saturated rings. The summed E-state index contributed by atoms with van der Waals surface area (Å²) in [7, 11) is 0. The lowest BCUT2D eigenvalue weighted by molar-refractivity contribution is 0.0713. The van der Waals surface area contributed by atoms with Crippen LogP contribution in [0.3, 0.4) is 0 Å². The molecule has 4 nitrogen and oxygen atoms in total. The predicted molar refractivity (Wildman–Crippen MR) is 112 cm³/mol. The maximum Gasteiger partial charge on any atom is 0.253 e. The van der Waals surface area contributed by atoms with E-state index in [0.29, 0.717) is 5.92 Å². The molecule has 3 heterocycles.